The minimum Gasteiger partial charge on any atom is -0.472 e. The molecule has 1 aliphatic heterocycles. The molecule has 2 N–H and O–H groups in total. The molecule has 146 valence electrons. The maximum Gasteiger partial charge on any atom is 0.344 e. The number of aryl methyl sites for hydroxylation is 1. The van der Waals surface area contributed by atoms with Crippen molar-refractivity contribution < 1.29 is 28.3 Å². The number of amides is 4. The van der Waals surface area contributed by atoms with Gasteiger partial charge >= 0.3 is 12.0 Å². The van der Waals surface area contributed by atoms with Gasteiger partial charge in [0, 0.05) is 0 Å². The second-order valence-corrected chi connectivity index (χ2v) is 6.51. The van der Waals surface area contributed by atoms with Crippen molar-refractivity contribution >= 4 is 23.8 Å². The minimum absolute atomic E-state index is 0.149. The summed E-state index contributed by atoms with van der Waals surface area (Å²) in [5, 5.41) is 3.21. The number of hydrogen-bond acceptors (Lipinski definition) is 6. The first-order valence-corrected chi connectivity index (χ1v) is 8.58. The van der Waals surface area contributed by atoms with Gasteiger partial charge in [-0.2, -0.15) is 5.01 Å². The topological polar surface area (TPSA) is 118 Å². The lowest BCUT2D eigenvalue weighted by atomic mass is 9.93. The number of carbonyl (C=O) groups excluding carboxylic acids is 4. The molecule has 0 saturated carbocycles. The number of hydrazine groups is 1. The highest BCUT2D eigenvalue weighted by Gasteiger charge is 2.48. The van der Waals surface area contributed by atoms with Crippen molar-refractivity contribution in [2.75, 3.05) is 6.61 Å². The van der Waals surface area contributed by atoms with Crippen LogP contribution in [0.4, 0.5) is 4.79 Å². The first-order valence-electron chi connectivity index (χ1n) is 8.58. The third-order valence-corrected chi connectivity index (χ3v) is 4.35. The smallest absolute Gasteiger partial charge is 0.344 e. The third-order valence-electron chi connectivity index (χ3n) is 4.35. The highest BCUT2D eigenvalue weighted by molar-refractivity contribution is 6.07. The molecular weight excluding hydrogens is 366 g/mol. The molecule has 2 aromatic rings. The van der Waals surface area contributed by atoms with Gasteiger partial charge in [0.1, 0.15) is 11.8 Å². The van der Waals surface area contributed by atoms with E-state index in [1.807, 2.05) is 30.3 Å². The van der Waals surface area contributed by atoms with Crippen molar-refractivity contribution in [3.8, 4) is 0 Å². The van der Waals surface area contributed by atoms with E-state index in [1.54, 1.807) is 6.92 Å². The summed E-state index contributed by atoms with van der Waals surface area (Å²) >= 11 is 0. The zero-order valence-electron chi connectivity index (χ0n) is 15.1. The lowest BCUT2D eigenvalue weighted by Crippen LogP contribution is -2.50. The van der Waals surface area contributed by atoms with Crippen LogP contribution >= 0.6 is 0 Å². The van der Waals surface area contributed by atoms with Crippen molar-refractivity contribution in [3.63, 3.8) is 0 Å². The molecule has 1 fully saturated rings. The molecule has 1 aromatic heterocycles. The standard InChI is InChI=1S/C19H19N3O6/c1-19(9-7-13-5-3-2-4-6-13)17(25)22(18(26)20-19)21-15(23)12-28-16(24)14-8-10-27-11-14/h2-6,8,10-11H,7,9,12H2,1H3,(H,20,26)(H,21,23)/t19-/m1/s1. The number of imide groups is 1. The number of carbonyl (C=O) groups is 4. The molecule has 0 radical (unpaired) electrons. The van der Waals surface area contributed by atoms with E-state index in [-0.39, 0.29) is 5.56 Å². The fourth-order valence-electron chi connectivity index (χ4n) is 2.75. The monoisotopic (exact) mass is 385 g/mol. The van der Waals surface area contributed by atoms with Gasteiger partial charge in [0.15, 0.2) is 6.61 Å². The molecule has 1 aliphatic rings. The largest absolute Gasteiger partial charge is 0.472 e. The number of urea groups is 1. The Morgan fingerprint density at radius 2 is 1.96 bits per heavy atom. The molecule has 9 heteroatoms. The predicted octanol–water partition coefficient (Wildman–Crippen LogP) is 1.41. The normalized spacial score (nSPS) is 18.7. The number of esters is 1. The number of hydrogen-bond donors (Lipinski definition) is 2. The van der Waals surface area contributed by atoms with E-state index in [0.29, 0.717) is 17.9 Å². The predicted molar refractivity (Wildman–Crippen MR) is 95.7 cm³/mol. The molecule has 4 amide bonds. The first kappa shape index (κ1) is 19.2. The van der Waals surface area contributed by atoms with Crippen LogP contribution in [0.15, 0.2) is 53.3 Å². The molecule has 1 saturated heterocycles. The van der Waals surface area contributed by atoms with Crippen LogP contribution in [0.1, 0.15) is 29.3 Å². The summed E-state index contributed by atoms with van der Waals surface area (Å²) in [5.74, 6) is -2.15. The van der Waals surface area contributed by atoms with Gasteiger partial charge in [-0.1, -0.05) is 30.3 Å². The fourth-order valence-corrected chi connectivity index (χ4v) is 2.75. The molecule has 0 bridgehead atoms. The second-order valence-electron chi connectivity index (χ2n) is 6.51. The summed E-state index contributed by atoms with van der Waals surface area (Å²) < 4.78 is 9.55. The van der Waals surface area contributed by atoms with Crippen LogP contribution in [0.2, 0.25) is 0 Å². The summed E-state index contributed by atoms with van der Waals surface area (Å²) in [5.41, 5.74) is 2.20. The van der Waals surface area contributed by atoms with Crippen molar-refractivity contribution in [3.05, 3.63) is 60.1 Å². The van der Waals surface area contributed by atoms with Crippen LogP contribution in [0.3, 0.4) is 0 Å². The molecule has 3 rings (SSSR count). The van der Waals surface area contributed by atoms with Crippen molar-refractivity contribution in [1.82, 2.24) is 15.8 Å². The van der Waals surface area contributed by atoms with Gasteiger partial charge in [-0.3, -0.25) is 15.0 Å². The molecule has 1 aromatic carbocycles. The summed E-state index contributed by atoms with van der Waals surface area (Å²) in [7, 11) is 0. The maximum absolute atomic E-state index is 12.6. The quantitative estimate of drug-likeness (QED) is 0.550. The number of nitrogens with zero attached hydrogens (tertiary/aromatic N) is 1. The Balaban J connectivity index is 1.54. The summed E-state index contributed by atoms with van der Waals surface area (Å²) in [4.78, 5) is 48.4. The SMILES string of the molecule is C[C@]1(CCc2ccccc2)NC(=O)N(NC(=O)COC(=O)c2ccoc2)C1=O. The average molecular weight is 385 g/mol. The molecule has 9 nitrogen and oxygen atoms in total. The van der Waals surface area contributed by atoms with Crippen molar-refractivity contribution in [2.24, 2.45) is 0 Å². The Kier molecular flexibility index (Phi) is 5.44. The van der Waals surface area contributed by atoms with Crippen LogP contribution in [-0.2, 0) is 20.7 Å². The van der Waals surface area contributed by atoms with E-state index in [1.165, 1.54) is 18.6 Å². The van der Waals surface area contributed by atoms with E-state index in [0.717, 1.165) is 5.56 Å². The zero-order valence-corrected chi connectivity index (χ0v) is 15.1. The average Bonchev–Trinajstić information content (AvgIpc) is 3.29. The molecule has 1 atom stereocenters. The van der Waals surface area contributed by atoms with Gasteiger partial charge in [0.05, 0.1) is 11.8 Å². The third kappa shape index (κ3) is 4.20. The summed E-state index contributed by atoms with van der Waals surface area (Å²) in [6.07, 6.45) is 3.41. The van der Waals surface area contributed by atoms with Gasteiger partial charge in [-0.05, 0) is 31.4 Å². The second kappa shape index (κ2) is 7.95. The molecule has 0 unspecified atom stereocenters. The van der Waals surface area contributed by atoms with Crippen molar-refractivity contribution in [1.29, 1.82) is 0 Å². The summed E-state index contributed by atoms with van der Waals surface area (Å²) in [6.45, 7) is 0.947. The number of benzene rings is 1. The van der Waals surface area contributed by atoms with Crippen LogP contribution in [0.25, 0.3) is 0 Å². The maximum atomic E-state index is 12.6. The Morgan fingerprint density at radius 3 is 2.64 bits per heavy atom. The van der Waals surface area contributed by atoms with Crippen LogP contribution in [0.5, 0.6) is 0 Å². The molecular formula is C19H19N3O6. The van der Waals surface area contributed by atoms with Gasteiger partial charge in [-0.25, -0.2) is 9.59 Å². The highest BCUT2D eigenvalue weighted by atomic mass is 16.5. The Bertz CT molecular complexity index is 880. The van der Waals surface area contributed by atoms with Crippen LogP contribution in [-0.4, -0.2) is 41.0 Å². The zero-order chi connectivity index (χ0) is 20.1. The fraction of sp³-hybridized carbons (Fsp3) is 0.263. The number of rotatable bonds is 7. The van der Waals surface area contributed by atoms with E-state index < -0.39 is 36.0 Å². The van der Waals surface area contributed by atoms with Crippen LogP contribution in [0, 0.1) is 0 Å². The van der Waals surface area contributed by atoms with E-state index in [9.17, 15) is 19.2 Å². The van der Waals surface area contributed by atoms with Crippen LogP contribution < -0.4 is 10.7 Å². The van der Waals surface area contributed by atoms with Gasteiger partial charge < -0.3 is 14.5 Å². The lowest BCUT2D eigenvalue weighted by Gasteiger charge is -2.21. The number of ether oxygens (including phenoxy) is 1. The van der Waals surface area contributed by atoms with Gasteiger partial charge in [-0.15, -0.1) is 0 Å². The van der Waals surface area contributed by atoms with Gasteiger partial charge in [0.2, 0.25) is 0 Å². The summed E-state index contributed by atoms with van der Waals surface area (Å²) in [6, 6.07) is 10.2. The van der Waals surface area contributed by atoms with E-state index in [2.05, 4.69) is 10.7 Å². The molecule has 2 heterocycles. The molecule has 0 spiro atoms. The van der Waals surface area contributed by atoms with Gasteiger partial charge in [0.25, 0.3) is 11.8 Å². The first-order chi connectivity index (χ1) is 13.4. The van der Waals surface area contributed by atoms with E-state index in [4.69, 9.17) is 9.15 Å². The molecule has 0 aliphatic carbocycles. The molecule has 28 heavy (non-hydrogen) atoms. The Hall–Kier alpha value is -3.62. The van der Waals surface area contributed by atoms with Crippen molar-refractivity contribution in [2.45, 2.75) is 25.3 Å². The highest BCUT2D eigenvalue weighted by Crippen LogP contribution is 2.22. The van der Waals surface area contributed by atoms with E-state index >= 15 is 0 Å². The number of nitrogens with one attached hydrogen (secondary N) is 2. The minimum atomic E-state index is -1.15. The number of furan rings is 1. The lowest BCUT2D eigenvalue weighted by molar-refractivity contribution is -0.140. The Morgan fingerprint density at radius 1 is 1.21 bits per heavy atom. The Labute approximate surface area is 160 Å².